The van der Waals surface area contributed by atoms with Gasteiger partial charge in [0, 0.05) is 98.5 Å². The summed E-state index contributed by atoms with van der Waals surface area (Å²) in [6.45, 7) is 2.44. The highest BCUT2D eigenvalue weighted by atomic mass is 16.5. The number of carbonyl (C=O) groups excluding carboxylic acids is 2. The number of ether oxygens (including phenoxy) is 4. The highest BCUT2D eigenvalue weighted by Crippen LogP contribution is 2.39. The van der Waals surface area contributed by atoms with Gasteiger partial charge >= 0.3 is 0 Å². The molecule has 2 aliphatic heterocycles. The zero-order chi connectivity index (χ0) is 38.8. The van der Waals surface area contributed by atoms with Crippen molar-refractivity contribution < 1.29 is 28.5 Å². The quantitative estimate of drug-likeness (QED) is 0.100. The second-order valence-electron chi connectivity index (χ2n) is 14.4. The number of nitrogens with one attached hydrogen (secondary N) is 4. The monoisotopic (exact) mass is 756 g/mol. The van der Waals surface area contributed by atoms with Gasteiger partial charge in [-0.3, -0.25) is 9.59 Å². The van der Waals surface area contributed by atoms with E-state index in [1.165, 1.54) is 0 Å². The van der Waals surface area contributed by atoms with Crippen molar-refractivity contribution in [2.24, 2.45) is 0 Å². The molecule has 2 saturated heterocycles. The molecule has 2 aliphatic rings. The van der Waals surface area contributed by atoms with E-state index in [2.05, 4.69) is 91.3 Å². The number of benzene rings is 4. The fourth-order valence-electron chi connectivity index (χ4n) is 8.23. The maximum absolute atomic E-state index is 11.7. The molecule has 0 radical (unpaired) electrons. The predicted octanol–water partition coefficient (Wildman–Crippen LogP) is 6.01. The number of rotatable bonds is 15. The highest BCUT2D eigenvalue weighted by molar-refractivity contribution is 6.05. The molecule has 0 aliphatic carbocycles. The second-order valence-corrected chi connectivity index (χ2v) is 14.4. The number of carbonyl (C=O) groups is 2. The van der Waals surface area contributed by atoms with Gasteiger partial charge in [-0.2, -0.15) is 0 Å². The molecule has 0 unspecified atom stereocenters. The van der Waals surface area contributed by atoms with E-state index in [-0.39, 0.29) is 23.9 Å². The van der Waals surface area contributed by atoms with E-state index in [0.29, 0.717) is 39.0 Å². The number of hydrogen-bond donors (Lipinski definition) is 4. The van der Waals surface area contributed by atoms with E-state index >= 15 is 0 Å². The SMILES string of the molecule is COc1cc(-n2ccc3c(-c4cccc5c4ccn5-c4cc(OC)c(CNC[C@@H]5CCC(=O)N5)c(OC)c4)cccc32)cc(OC)c1CNC[C@@H]1CCC(=O)N1. The molecule has 0 saturated carbocycles. The fraction of sp³-hybridized carbons (Fsp3) is 0.318. The van der Waals surface area contributed by atoms with Crippen LogP contribution in [0.2, 0.25) is 0 Å². The van der Waals surface area contributed by atoms with Crippen molar-refractivity contribution in [1.82, 2.24) is 30.4 Å². The Morgan fingerprint density at radius 2 is 0.982 bits per heavy atom. The Kier molecular flexibility index (Phi) is 10.6. The maximum Gasteiger partial charge on any atom is 0.220 e. The first kappa shape index (κ1) is 37.0. The maximum atomic E-state index is 11.7. The first-order valence-electron chi connectivity index (χ1n) is 19.1. The molecule has 4 aromatic carbocycles. The molecule has 0 spiro atoms. The van der Waals surface area contributed by atoms with Crippen LogP contribution in [-0.4, -0.2) is 74.6 Å². The molecule has 2 amide bonds. The van der Waals surface area contributed by atoms with Gasteiger partial charge in [0.25, 0.3) is 0 Å². The number of amides is 2. The van der Waals surface area contributed by atoms with Crippen LogP contribution in [0.25, 0.3) is 44.3 Å². The van der Waals surface area contributed by atoms with Crippen molar-refractivity contribution in [3.8, 4) is 45.5 Å². The Bertz CT molecular complexity index is 2200. The van der Waals surface area contributed by atoms with Crippen LogP contribution in [0.3, 0.4) is 0 Å². The van der Waals surface area contributed by atoms with E-state index in [0.717, 1.165) is 91.3 Å². The van der Waals surface area contributed by atoms with E-state index in [4.69, 9.17) is 18.9 Å². The minimum Gasteiger partial charge on any atom is -0.496 e. The number of nitrogens with zero attached hydrogens (tertiary/aromatic N) is 2. The smallest absolute Gasteiger partial charge is 0.220 e. The zero-order valence-electron chi connectivity index (χ0n) is 32.2. The third kappa shape index (κ3) is 7.13. The van der Waals surface area contributed by atoms with Crippen LogP contribution in [-0.2, 0) is 22.7 Å². The summed E-state index contributed by atoms with van der Waals surface area (Å²) in [5.74, 6) is 3.11. The van der Waals surface area contributed by atoms with Crippen LogP contribution >= 0.6 is 0 Å². The van der Waals surface area contributed by atoms with Crippen molar-refractivity contribution in [3.05, 3.63) is 96.3 Å². The summed E-state index contributed by atoms with van der Waals surface area (Å²) in [5.41, 5.74) is 8.06. The van der Waals surface area contributed by atoms with Crippen molar-refractivity contribution in [3.63, 3.8) is 0 Å². The summed E-state index contributed by atoms with van der Waals surface area (Å²) in [5, 5.41) is 15.2. The van der Waals surface area contributed by atoms with Gasteiger partial charge in [0.05, 0.1) is 62.0 Å². The standard InChI is InChI=1S/C44H48N6O6/c1-53-39-19-29(20-40(54-2)35(39)25-45-23-27-11-13-43(51)47-27)49-17-15-33-31(7-5-9-37(33)49)32-8-6-10-38-34(32)16-18-50(38)30-21-41(55-3)36(42(22-30)56-4)26-46-24-28-12-14-44(52)48-28/h5-10,15-22,27-28,45-46H,11-14,23-26H2,1-4H3,(H,47,51)(H,48,52)/t27-,28-/m0/s1. The molecule has 2 fully saturated rings. The summed E-state index contributed by atoms with van der Waals surface area (Å²) in [7, 11) is 6.71. The molecule has 12 nitrogen and oxygen atoms in total. The Balaban J connectivity index is 1.09. The molecule has 8 rings (SSSR count). The summed E-state index contributed by atoms with van der Waals surface area (Å²) in [4.78, 5) is 23.3. The van der Waals surface area contributed by atoms with Crippen LogP contribution in [0.5, 0.6) is 23.0 Å². The Labute approximate surface area is 326 Å². The third-order valence-corrected chi connectivity index (χ3v) is 11.1. The van der Waals surface area contributed by atoms with Gasteiger partial charge < -0.3 is 49.3 Å². The van der Waals surface area contributed by atoms with E-state index < -0.39 is 0 Å². The molecule has 2 atom stereocenters. The second kappa shape index (κ2) is 16.0. The van der Waals surface area contributed by atoms with Gasteiger partial charge in [-0.25, -0.2) is 0 Å². The Morgan fingerprint density at radius 3 is 1.32 bits per heavy atom. The topological polar surface area (TPSA) is 129 Å². The van der Waals surface area contributed by atoms with Crippen molar-refractivity contribution in [1.29, 1.82) is 0 Å². The summed E-state index contributed by atoms with van der Waals surface area (Å²) in [6, 6.07) is 25.6. The van der Waals surface area contributed by atoms with Gasteiger partial charge in [0.1, 0.15) is 23.0 Å². The lowest BCUT2D eigenvalue weighted by atomic mass is 9.98. The lowest BCUT2D eigenvalue weighted by molar-refractivity contribution is -0.120. The third-order valence-electron chi connectivity index (χ3n) is 11.1. The normalized spacial score (nSPS) is 16.7. The molecule has 56 heavy (non-hydrogen) atoms. The van der Waals surface area contributed by atoms with Crippen molar-refractivity contribution in [2.45, 2.75) is 50.9 Å². The zero-order valence-corrected chi connectivity index (χ0v) is 32.2. The molecule has 12 heteroatoms. The molecule has 0 bridgehead atoms. The summed E-state index contributed by atoms with van der Waals surface area (Å²) < 4.78 is 27.9. The van der Waals surface area contributed by atoms with Crippen molar-refractivity contribution >= 4 is 33.6 Å². The molecule has 6 aromatic rings. The van der Waals surface area contributed by atoms with Gasteiger partial charge in [-0.05, 0) is 48.2 Å². The molecular formula is C44H48N6O6. The van der Waals surface area contributed by atoms with Gasteiger partial charge in [-0.15, -0.1) is 0 Å². The average molecular weight is 757 g/mol. The number of methoxy groups -OCH3 is 4. The predicted molar refractivity (Wildman–Crippen MR) is 217 cm³/mol. The first-order chi connectivity index (χ1) is 27.4. The van der Waals surface area contributed by atoms with Gasteiger partial charge in [-0.1, -0.05) is 24.3 Å². The van der Waals surface area contributed by atoms with Crippen molar-refractivity contribution in [2.75, 3.05) is 41.5 Å². The van der Waals surface area contributed by atoms with Crippen LogP contribution < -0.4 is 40.2 Å². The van der Waals surface area contributed by atoms with Crippen LogP contribution in [0.15, 0.2) is 85.2 Å². The lowest BCUT2D eigenvalue weighted by Crippen LogP contribution is -2.35. The molecule has 290 valence electrons. The fourth-order valence-corrected chi connectivity index (χ4v) is 8.23. The van der Waals surface area contributed by atoms with E-state index in [9.17, 15) is 9.59 Å². The summed E-state index contributed by atoms with van der Waals surface area (Å²) in [6.07, 6.45) is 7.01. The molecular weight excluding hydrogens is 709 g/mol. The van der Waals surface area contributed by atoms with Crippen LogP contribution in [0.1, 0.15) is 36.8 Å². The average Bonchev–Trinajstić information content (AvgIpc) is 4.04. The van der Waals surface area contributed by atoms with Gasteiger partial charge in [0.2, 0.25) is 11.8 Å². The number of hydrogen-bond acceptors (Lipinski definition) is 8. The number of aromatic nitrogens is 2. The molecule has 4 N–H and O–H groups in total. The highest BCUT2D eigenvalue weighted by Gasteiger charge is 2.23. The minimum atomic E-state index is 0.107. The molecule has 4 heterocycles. The Morgan fingerprint density at radius 1 is 0.589 bits per heavy atom. The number of fused-ring (bicyclic) bond motifs is 2. The van der Waals surface area contributed by atoms with Crippen LogP contribution in [0.4, 0.5) is 0 Å². The van der Waals surface area contributed by atoms with E-state index in [1.807, 2.05) is 24.3 Å². The molecule has 2 aromatic heterocycles. The summed E-state index contributed by atoms with van der Waals surface area (Å²) >= 11 is 0. The van der Waals surface area contributed by atoms with Crippen LogP contribution in [0, 0.1) is 0 Å². The van der Waals surface area contributed by atoms with E-state index in [1.54, 1.807) is 28.4 Å². The first-order valence-corrected chi connectivity index (χ1v) is 19.1. The largest absolute Gasteiger partial charge is 0.496 e. The lowest BCUT2D eigenvalue weighted by Gasteiger charge is -2.18. The van der Waals surface area contributed by atoms with Gasteiger partial charge in [0.15, 0.2) is 0 Å². The Hall–Kier alpha value is -5.98. The minimum absolute atomic E-state index is 0.107.